The molecule has 3 aliphatic rings. The van der Waals surface area contributed by atoms with Gasteiger partial charge in [-0.1, -0.05) is 31.4 Å². The molecule has 1 aliphatic carbocycles. The van der Waals surface area contributed by atoms with Gasteiger partial charge in [0, 0.05) is 43.6 Å². The van der Waals surface area contributed by atoms with Gasteiger partial charge in [-0.3, -0.25) is 4.79 Å². The van der Waals surface area contributed by atoms with E-state index < -0.39 is 0 Å². The topological polar surface area (TPSA) is 75.2 Å². The molecule has 1 amide bonds. The smallest absolute Gasteiger partial charge is 0.225 e. The zero-order valence-corrected chi connectivity index (χ0v) is 18.7. The van der Waals surface area contributed by atoms with E-state index in [2.05, 4.69) is 22.5 Å². The van der Waals surface area contributed by atoms with Gasteiger partial charge in [-0.2, -0.15) is 0 Å². The molecule has 2 heterocycles. The highest BCUT2D eigenvalue weighted by Gasteiger charge is 2.31. The number of likely N-dealkylation sites (tertiary alicyclic amines) is 1. The van der Waals surface area contributed by atoms with Crippen LogP contribution in [0.15, 0.2) is 23.2 Å². The second kappa shape index (κ2) is 10.7. The molecule has 7 heteroatoms. The number of rotatable bonds is 5. The highest BCUT2D eigenvalue weighted by molar-refractivity contribution is 5.81. The van der Waals surface area contributed by atoms with E-state index in [1.807, 2.05) is 18.2 Å². The Labute approximate surface area is 185 Å². The van der Waals surface area contributed by atoms with E-state index in [0.29, 0.717) is 25.7 Å². The van der Waals surface area contributed by atoms with Crippen LogP contribution in [0.25, 0.3) is 0 Å². The number of fused-ring (bicyclic) bond motifs is 1. The number of carbonyl (C=O) groups is 1. The molecule has 1 saturated carbocycles. The molecule has 170 valence electrons. The molecular formula is C24H36N4O3. The summed E-state index contributed by atoms with van der Waals surface area (Å²) in [5, 5.41) is 6.88. The lowest BCUT2D eigenvalue weighted by atomic mass is 9.88. The third-order valence-corrected chi connectivity index (χ3v) is 6.40. The summed E-state index contributed by atoms with van der Waals surface area (Å²) >= 11 is 0. The molecule has 7 nitrogen and oxygen atoms in total. The van der Waals surface area contributed by atoms with E-state index in [9.17, 15) is 4.79 Å². The van der Waals surface area contributed by atoms with Crippen LogP contribution in [-0.4, -0.2) is 55.7 Å². The molecule has 0 radical (unpaired) electrons. The van der Waals surface area contributed by atoms with E-state index in [4.69, 9.17) is 14.5 Å². The van der Waals surface area contributed by atoms with Gasteiger partial charge in [0.15, 0.2) is 17.5 Å². The van der Waals surface area contributed by atoms with Crippen molar-refractivity contribution in [3.63, 3.8) is 0 Å². The van der Waals surface area contributed by atoms with E-state index in [-0.39, 0.29) is 12.0 Å². The number of hydrogen-bond acceptors (Lipinski definition) is 4. The van der Waals surface area contributed by atoms with Crippen molar-refractivity contribution in [1.82, 2.24) is 15.5 Å². The van der Waals surface area contributed by atoms with Gasteiger partial charge in [-0.05, 0) is 32.3 Å². The molecule has 0 aromatic heterocycles. The monoisotopic (exact) mass is 428 g/mol. The van der Waals surface area contributed by atoms with E-state index in [1.54, 1.807) is 0 Å². The zero-order chi connectivity index (χ0) is 21.5. The van der Waals surface area contributed by atoms with Gasteiger partial charge in [0.1, 0.15) is 0 Å². The standard InChI is InChI=1S/C24H36N4O3/c1-2-25-24(26-16-19-10-6-11-21-22(19)31-15-7-14-30-21)27-20-12-13-28(17-20)23(29)18-8-4-3-5-9-18/h6,10-11,18,20H,2-5,7-9,12-17H2,1H3,(H2,25,26,27). The van der Waals surface area contributed by atoms with Crippen LogP contribution in [0.2, 0.25) is 0 Å². The van der Waals surface area contributed by atoms with Gasteiger partial charge in [0.2, 0.25) is 5.91 Å². The van der Waals surface area contributed by atoms with Gasteiger partial charge in [-0.15, -0.1) is 0 Å². The molecular weight excluding hydrogens is 392 g/mol. The van der Waals surface area contributed by atoms with Crippen molar-refractivity contribution in [3.05, 3.63) is 23.8 Å². The number of carbonyl (C=O) groups excluding carboxylic acids is 1. The highest BCUT2D eigenvalue weighted by atomic mass is 16.5. The molecule has 1 atom stereocenters. The summed E-state index contributed by atoms with van der Waals surface area (Å²) in [6.07, 6.45) is 7.63. The minimum atomic E-state index is 0.234. The third-order valence-electron chi connectivity index (χ3n) is 6.40. The van der Waals surface area contributed by atoms with Gasteiger partial charge < -0.3 is 25.0 Å². The minimum Gasteiger partial charge on any atom is -0.490 e. The largest absolute Gasteiger partial charge is 0.490 e. The Balaban J connectivity index is 1.36. The predicted octanol–water partition coefficient (Wildman–Crippen LogP) is 3.08. The third kappa shape index (κ3) is 5.63. The van der Waals surface area contributed by atoms with Crippen LogP contribution in [0.3, 0.4) is 0 Å². The van der Waals surface area contributed by atoms with Crippen molar-refractivity contribution in [1.29, 1.82) is 0 Å². The van der Waals surface area contributed by atoms with Crippen LogP contribution >= 0.6 is 0 Å². The molecule has 2 N–H and O–H groups in total. The van der Waals surface area contributed by atoms with E-state index in [0.717, 1.165) is 68.3 Å². The fourth-order valence-electron chi connectivity index (χ4n) is 4.74. The Kier molecular flexibility index (Phi) is 7.54. The summed E-state index contributed by atoms with van der Waals surface area (Å²) in [4.78, 5) is 19.7. The molecule has 2 aliphatic heterocycles. The molecule has 31 heavy (non-hydrogen) atoms. The van der Waals surface area contributed by atoms with Crippen LogP contribution in [0.1, 0.15) is 57.4 Å². The molecule has 0 spiro atoms. The molecule has 1 saturated heterocycles. The molecule has 2 fully saturated rings. The average molecular weight is 429 g/mol. The number of benzene rings is 1. The van der Waals surface area contributed by atoms with Crippen LogP contribution in [-0.2, 0) is 11.3 Å². The zero-order valence-electron chi connectivity index (χ0n) is 18.7. The first-order valence-electron chi connectivity index (χ1n) is 12.0. The molecule has 1 aromatic carbocycles. The maximum absolute atomic E-state index is 12.9. The highest BCUT2D eigenvalue weighted by Crippen LogP contribution is 2.33. The lowest BCUT2D eigenvalue weighted by Crippen LogP contribution is -2.45. The van der Waals surface area contributed by atoms with Crippen molar-refractivity contribution in [2.75, 3.05) is 32.8 Å². The summed E-state index contributed by atoms with van der Waals surface area (Å²) in [5.74, 6) is 2.99. The van der Waals surface area contributed by atoms with Gasteiger partial charge in [-0.25, -0.2) is 4.99 Å². The fraction of sp³-hybridized carbons (Fsp3) is 0.667. The number of guanidine groups is 1. The van der Waals surface area contributed by atoms with Gasteiger partial charge >= 0.3 is 0 Å². The Hall–Kier alpha value is -2.44. The lowest BCUT2D eigenvalue weighted by Gasteiger charge is -2.26. The number of aliphatic imine (C=N–C) groups is 1. The molecule has 0 bridgehead atoms. The summed E-state index contributed by atoms with van der Waals surface area (Å²) in [7, 11) is 0. The maximum atomic E-state index is 12.9. The summed E-state index contributed by atoms with van der Waals surface area (Å²) in [5.41, 5.74) is 1.03. The number of ether oxygens (including phenoxy) is 2. The number of para-hydroxylation sites is 1. The van der Waals surface area contributed by atoms with Crippen LogP contribution in [0.5, 0.6) is 11.5 Å². The van der Waals surface area contributed by atoms with Gasteiger partial charge in [0.25, 0.3) is 0 Å². The van der Waals surface area contributed by atoms with Crippen LogP contribution < -0.4 is 20.1 Å². The van der Waals surface area contributed by atoms with Crippen molar-refractivity contribution in [2.45, 2.75) is 64.5 Å². The normalized spacial score (nSPS) is 22.2. The number of nitrogens with one attached hydrogen (secondary N) is 2. The van der Waals surface area contributed by atoms with Crippen molar-refractivity contribution < 1.29 is 14.3 Å². The maximum Gasteiger partial charge on any atom is 0.225 e. The van der Waals surface area contributed by atoms with Crippen LogP contribution in [0.4, 0.5) is 0 Å². The number of hydrogen-bond donors (Lipinski definition) is 2. The number of amides is 1. The SMILES string of the molecule is CCNC(=NCc1cccc2c1OCCCO2)NC1CCN(C(=O)C2CCCCC2)C1. The Morgan fingerprint density at radius 2 is 1.97 bits per heavy atom. The van der Waals surface area contributed by atoms with Crippen LogP contribution in [0, 0.1) is 5.92 Å². The fourth-order valence-corrected chi connectivity index (χ4v) is 4.74. The van der Waals surface area contributed by atoms with Crippen molar-refractivity contribution in [3.8, 4) is 11.5 Å². The quantitative estimate of drug-likeness (QED) is 0.557. The second-order valence-electron chi connectivity index (χ2n) is 8.74. The Morgan fingerprint density at radius 3 is 2.81 bits per heavy atom. The molecule has 1 aromatic rings. The molecule has 4 rings (SSSR count). The van der Waals surface area contributed by atoms with Gasteiger partial charge in [0.05, 0.1) is 19.8 Å². The summed E-state index contributed by atoms with van der Waals surface area (Å²) in [6, 6.07) is 6.22. The first kappa shape index (κ1) is 21.8. The van der Waals surface area contributed by atoms with Crippen molar-refractivity contribution in [2.24, 2.45) is 10.9 Å². The first-order chi connectivity index (χ1) is 15.2. The molecule has 1 unspecified atom stereocenters. The predicted molar refractivity (Wildman–Crippen MR) is 122 cm³/mol. The first-order valence-corrected chi connectivity index (χ1v) is 12.0. The second-order valence-corrected chi connectivity index (χ2v) is 8.74. The summed E-state index contributed by atoms with van der Waals surface area (Å²) < 4.78 is 11.7. The Morgan fingerprint density at radius 1 is 1.13 bits per heavy atom. The van der Waals surface area contributed by atoms with E-state index in [1.165, 1.54) is 19.3 Å². The Bertz CT molecular complexity index is 776. The summed E-state index contributed by atoms with van der Waals surface area (Å²) in [6.45, 7) is 6.31. The van der Waals surface area contributed by atoms with E-state index >= 15 is 0 Å². The lowest BCUT2D eigenvalue weighted by molar-refractivity contribution is -0.135. The average Bonchev–Trinajstić information content (AvgIpc) is 3.13. The van der Waals surface area contributed by atoms with Crippen molar-refractivity contribution >= 4 is 11.9 Å². The number of nitrogens with zero attached hydrogens (tertiary/aromatic N) is 2. The minimum absolute atomic E-state index is 0.234.